The van der Waals surface area contributed by atoms with Gasteiger partial charge in [-0.15, -0.1) is 0 Å². The molecule has 9 heavy (non-hydrogen) atoms. The van der Waals surface area contributed by atoms with Crippen LogP contribution in [0.1, 0.15) is 12.8 Å². The molecule has 0 aromatic rings. The summed E-state index contributed by atoms with van der Waals surface area (Å²) in [6, 6.07) is 0. The van der Waals surface area contributed by atoms with Gasteiger partial charge in [0.1, 0.15) is 0 Å². The van der Waals surface area contributed by atoms with Crippen molar-refractivity contribution in [2.45, 2.75) is 18.9 Å². The predicted octanol–water partition coefficient (Wildman–Crippen LogP) is 0.609. The van der Waals surface area contributed by atoms with Crippen molar-refractivity contribution in [3.05, 3.63) is 0 Å². The molecule has 54 valence electrons. The highest BCUT2D eigenvalue weighted by molar-refractivity contribution is 14.1. The summed E-state index contributed by atoms with van der Waals surface area (Å²) in [7, 11) is 0. The molecule has 3 nitrogen and oxygen atoms in total. The fraction of sp³-hybridized carbons (Fsp3) is 0.800. The van der Waals surface area contributed by atoms with Gasteiger partial charge in [0.15, 0.2) is 0 Å². The molecular weight excluding hydrogens is 235 g/mol. The first-order chi connectivity index (χ1) is 4.31. The number of aliphatic hydroxyl groups is 1. The summed E-state index contributed by atoms with van der Waals surface area (Å²) in [6.45, 7) is 0. The van der Waals surface area contributed by atoms with Crippen LogP contribution in [0.4, 0.5) is 0 Å². The van der Waals surface area contributed by atoms with Crippen molar-refractivity contribution in [3.8, 4) is 0 Å². The minimum absolute atomic E-state index is 0.0833. The lowest BCUT2D eigenvalue weighted by Crippen LogP contribution is -1.65. The van der Waals surface area contributed by atoms with Crippen LogP contribution in [-0.2, 0) is 9.59 Å². The molecule has 4 heteroatoms. The molecule has 1 saturated carbocycles. The Bertz CT molecular complexity index is 74.3. The van der Waals surface area contributed by atoms with Crippen LogP contribution in [0, 0.1) is 0 Å². The molecule has 0 saturated heterocycles. The second-order valence-corrected chi connectivity index (χ2v) is 1.31. The van der Waals surface area contributed by atoms with E-state index in [4.69, 9.17) is 14.7 Å². The first kappa shape index (κ1) is 11.8. The molecule has 0 aromatic carbocycles. The Labute approximate surface area is 67.6 Å². The fourth-order valence-electron chi connectivity index (χ4n) is 0.0745. The van der Waals surface area contributed by atoms with Gasteiger partial charge in [-0.3, -0.25) is 0 Å². The van der Waals surface area contributed by atoms with Gasteiger partial charge in [0.2, 0.25) is 0 Å². The summed E-state index contributed by atoms with van der Waals surface area (Å²) in [5, 5.41) is 8.17. The number of hydrogen-bond acceptors (Lipinski definition) is 3. The summed E-state index contributed by atoms with van der Waals surface area (Å²) >= 11 is 2.15. The van der Waals surface area contributed by atoms with Gasteiger partial charge in [0, 0.05) is 0 Å². The van der Waals surface area contributed by atoms with E-state index in [0.29, 0.717) is 0 Å². The number of aliphatic hydroxyl groups excluding tert-OH is 1. The van der Waals surface area contributed by atoms with Crippen molar-refractivity contribution >= 4 is 28.7 Å². The molecule has 1 aliphatic carbocycles. The molecule has 0 aromatic heterocycles. The normalized spacial score (nSPS) is 13.2. The smallest absolute Gasteiger partial charge is 0.373 e. The standard InChI is InChI=1S/C3H6O.CH3I.CO2/c4-3-1-2-3;1-2;2-1-3/h3-4H,1-2H2;1H3;. The van der Waals surface area contributed by atoms with Crippen LogP contribution < -0.4 is 0 Å². The van der Waals surface area contributed by atoms with Crippen molar-refractivity contribution in [1.29, 1.82) is 0 Å². The molecule has 0 amide bonds. The third-order valence-corrected chi connectivity index (χ3v) is 0.547. The van der Waals surface area contributed by atoms with Crippen molar-refractivity contribution in [2.75, 3.05) is 4.93 Å². The molecule has 0 radical (unpaired) electrons. The summed E-state index contributed by atoms with van der Waals surface area (Å²) in [5.74, 6) is 0. The summed E-state index contributed by atoms with van der Waals surface area (Å²) < 4.78 is 0. The van der Waals surface area contributed by atoms with Crippen molar-refractivity contribution in [1.82, 2.24) is 0 Å². The average Bonchev–Trinajstić information content (AvgIpc) is 2.59. The molecule has 1 N–H and O–H groups in total. The van der Waals surface area contributed by atoms with E-state index < -0.39 is 0 Å². The molecule has 0 bridgehead atoms. The lowest BCUT2D eigenvalue weighted by molar-refractivity contribution is -0.191. The van der Waals surface area contributed by atoms with E-state index in [1.54, 1.807) is 0 Å². The third kappa shape index (κ3) is 31.5. The van der Waals surface area contributed by atoms with Gasteiger partial charge in [-0.1, -0.05) is 22.6 Å². The molecule has 1 aliphatic rings. The van der Waals surface area contributed by atoms with Gasteiger partial charge in [-0.25, -0.2) is 0 Å². The fourth-order valence-corrected chi connectivity index (χ4v) is 0.0745. The third-order valence-electron chi connectivity index (χ3n) is 0.547. The van der Waals surface area contributed by atoms with E-state index in [2.05, 4.69) is 22.6 Å². The maximum atomic E-state index is 8.17. The second kappa shape index (κ2) is 10.9. The molecule has 0 aliphatic heterocycles. The van der Waals surface area contributed by atoms with Gasteiger partial charge in [0.25, 0.3) is 0 Å². The minimum Gasteiger partial charge on any atom is -0.393 e. The van der Waals surface area contributed by atoms with Crippen molar-refractivity contribution in [3.63, 3.8) is 0 Å². The summed E-state index contributed by atoms with van der Waals surface area (Å²) in [6.07, 6.45) is 2.42. The second-order valence-electron chi connectivity index (χ2n) is 1.31. The Morgan fingerprint density at radius 2 is 1.56 bits per heavy atom. The van der Waals surface area contributed by atoms with Crippen LogP contribution in [0.3, 0.4) is 0 Å². The van der Waals surface area contributed by atoms with Gasteiger partial charge in [-0.05, 0) is 17.8 Å². The lowest BCUT2D eigenvalue weighted by Gasteiger charge is -1.57. The molecule has 1 rings (SSSR count). The highest BCUT2D eigenvalue weighted by Crippen LogP contribution is 2.16. The average molecular weight is 244 g/mol. The zero-order chi connectivity index (χ0) is 7.70. The van der Waals surface area contributed by atoms with Crippen LogP contribution in [0.2, 0.25) is 0 Å². The van der Waals surface area contributed by atoms with Gasteiger partial charge in [-0.2, -0.15) is 9.59 Å². The molecule has 0 atom stereocenters. The maximum Gasteiger partial charge on any atom is 0.373 e. The van der Waals surface area contributed by atoms with E-state index in [1.807, 2.05) is 4.93 Å². The monoisotopic (exact) mass is 244 g/mol. The molecular formula is C5H9IO3. The van der Waals surface area contributed by atoms with E-state index >= 15 is 0 Å². The van der Waals surface area contributed by atoms with Gasteiger partial charge in [0.05, 0.1) is 6.10 Å². The number of carbonyl (C=O) groups excluding carboxylic acids is 2. The van der Waals surface area contributed by atoms with Crippen LogP contribution in [-0.4, -0.2) is 22.3 Å². The quantitative estimate of drug-likeness (QED) is 0.501. The van der Waals surface area contributed by atoms with E-state index in [9.17, 15) is 0 Å². The Kier molecular flexibility index (Phi) is 14.4. The first-order valence-corrected chi connectivity index (χ1v) is 4.52. The van der Waals surface area contributed by atoms with Crippen LogP contribution in [0.25, 0.3) is 0 Å². The van der Waals surface area contributed by atoms with Crippen molar-refractivity contribution in [2.24, 2.45) is 0 Å². The van der Waals surface area contributed by atoms with Gasteiger partial charge >= 0.3 is 6.15 Å². The zero-order valence-corrected chi connectivity index (χ0v) is 7.29. The SMILES string of the molecule is CI.O=C=O.OC1CC1. The number of hydrogen-bond donors (Lipinski definition) is 1. The summed E-state index contributed by atoms with van der Waals surface area (Å²) in [5.41, 5.74) is 0. The van der Waals surface area contributed by atoms with Gasteiger partial charge < -0.3 is 5.11 Å². The van der Waals surface area contributed by atoms with Crippen molar-refractivity contribution < 1.29 is 14.7 Å². The van der Waals surface area contributed by atoms with E-state index in [-0.39, 0.29) is 12.3 Å². The maximum absolute atomic E-state index is 8.17. The zero-order valence-electron chi connectivity index (χ0n) is 5.13. The number of halogens is 1. The van der Waals surface area contributed by atoms with Crippen LogP contribution in [0.5, 0.6) is 0 Å². The molecule has 0 heterocycles. The highest BCUT2D eigenvalue weighted by Gasteiger charge is 2.15. The number of alkyl halides is 1. The highest BCUT2D eigenvalue weighted by atomic mass is 127. The van der Waals surface area contributed by atoms with Crippen LogP contribution >= 0.6 is 22.6 Å². The van der Waals surface area contributed by atoms with E-state index in [0.717, 1.165) is 12.8 Å². The largest absolute Gasteiger partial charge is 0.393 e. The molecule has 1 fully saturated rings. The lowest BCUT2D eigenvalue weighted by atomic mass is 10.9. The molecule has 0 spiro atoms. The Morgan fingerprint density at radius 1 is 1.44 bits per heavy atom. The van der Waals surface area contributed by atoms with E-state index in [1.165, 1.54) is 0 Å². The Morgan fingerprint density at radius 3 is 1.56 bits per heavy atom. The minimum atomic E-state index is 0.0833. The topological polar surface area (TPSA) is 54.4 Å². The predicted molar refractivity (Wildman–Crippen MR) is 40.2 cm³/mol. The number of rotatable bonds is 0. The Hall–Kier alpha value is 0.0700. The first-order valence-electron chi connectivity index (χ1n) is 2.36. The molecule has 0 unspecified atom stereocenters. The Balaban J connectivity index is 0. The summed E-state index contributed by atoms with van der Waals surface area (Å²) in [4.78, 5) is 18.2. The van der Waals surface area contributed by atoms with Crippen LogP contribution in [0.15, 0.2) is 0 Å².